The van der Waals surface area contributed by atoms with Gasteiger partial charge in [0.05, 0.1) is 19.8 Å². The lowest BCUT2D eigenvalue weighted by molar-refractivity contribution is -0.333. The van der Waals surface area contributed by atoms with E-state index < -0.39 is 118 Å². The van der Waals surface area contributed by atoms with Crippen LogP contribution in [0.25, 0.3) is 0 Å². The molecule has 2 aliphatic heterocycles. The second-order valence-corrected chi connectivity index (χ2v) is 8.82. The fraction of sp³-hybridized carbons (Fsp3) is 0.810. The van der Waals surface area contributed by atoms with E-state index in [-0.39, 0.29) is 0 Å². The molecule has 0 unspecified atom stereocenters. The molecule has 0 spiro atoms. The maximum atomic E-state index is 11.6. The molecule has 18 nitrogen and oxygen atoms in total. The van der Waals surface area contributed by atoms with E-state index in [0.29, 0.717) is 6.08 Å². The molecule has 0 aromatic heterocycles. The van der Waals surface area contributed by atoms with Crippen molar-refractivity contribution in [3.63, 3.8) is 0 Å². The highest BCUT2D eigenvalue weighted by atomic mass is 16.7. The largest absolute Gasteiger partial charge is 0.394 e. The summed E-state index contributed by atoms with van der Waals surface area (Å²) in [5.41, 5.74) is 0. The van der Waals surface area contributed by atoms with Crippen LogP contribution in [-0.2, 0) is 33.3 Å². The van der Waals surface area contributed by atoms with Gasteiger partial charge < -0.3 is 79.9 Å². The second-order valence-electron chi connectivity index (χ2n) is 8.82. The standard InChI is InChI=1S/C21H34O18/c1-2-9(24)39-19(34)16(31)13(28)10(25)6(23)4-35-20-18(33)15(30)12(27)8(38-20)5-36-21-17(32)14(29)11(26)7(3-22)37-21/h2,6-8,10-18,20-23,25-33H,1,3-5H2/t6-,7-,8-,10-,11-,12-,13+,14+,15+,16-,17-,18-,20+,21+/m1/s1. The molecule has 0 aromatic rings. The third-order valence-electron chi connectivity index (χ3n) is 6.05. The summed E-state index contributed by atoms with van der Waals surface area (Å²) in [7, 11) is 0. The number of aliphatic hydroxyl groups is 11. The van der Waals surface area contributed by atoms with Crippen molar-refractivity contribution in [2.45, 2.75) is 85.8 Å². The van der Waals surface area contributed by atoms with Gasteiger partial charge in [-0.2, -0.15) is 0 Å². The lowest BCUT2D eigenvalue weighted by atomic mass is 9.98. The van der Waals surface area contributed by atoms with Crippen LogP contribution in [0.2, 0.25) is 0 Å². The van der Waals surface area contributed by atoms with Crippen LogP contribution in [0.4, 0.5) is 0 Å². The number of rotatable bonds is 12. The number of carbonyl (C=O) groups excluding carboxylic acids is 2. The van der Waals surface area contributed by atoms with Crippen molar-refractivity contribution >= 4 is 11.9 Å². The lowest BCUT2D eigenvalue weighted by Crippen LogP contribution is -2.62. The Balaban J connectivity index is 1.95. The van der Waals surface area contributed by atoms with Crippen molar-refractivity contribution in [2.75, 3.05) is 19.8 Å². The molecule has 0 bridgehead atoms. The van der Waals surface area contributed by atoms with Gasteiger partial charge in [0.1, 0.15) is 67.1 Å². The van der Waals surface area contributed by atoms with Gasteiger partial charge >= 0.3 is 11.9 Å². The van der Waals surface area contributed by atoms with Crippen LogP contribution in [0.3, 0.4) is 0 Å². The predicted octanol–water partition coefficient (Wildman–Crippen LogP) is -7.67. The first-order valence-corrected chi connectivity index (χ1v) is 11.6. The Morgan fingerprint density at radius 3 is 1.82 bits per heavy atom. The fourth-order valence-corrected chi connectivity index (χ4v) is 3.63. The van der Waals surface area contributed by atoms with E-state index >= 15 is 0 Å². The summed E-state index contributed by atoms with van der Waals surface area (Å²) in [5, 5.41) is 109. The van der Waals surface area contributed by atoms with Gasteiger partial charge in [0.25, 0.3) is 0 Å². The average molecular weight is 574 g/mol. The summed E-state index contributed by atoms with van der Waals surface area (Å²) >= 11 is 0. The Hall–Kier alpha value is -1.72. The first kappa shape index (κ1) is 33.5. The van der Waals surface area contributed by atoms with E-state index in [1.807, 2.05) is 0 Å². The molecule has 0 aromatic carbocycles. The third-order valence-corrected chi connectivity index (χ3v) is 6.05. The van der Waals surface area contributed by atoms with Crippen LogP contribution < -0.4 is 0 Å². The SMILES string of the molecule is C=CC(=O)OC(=O)[C@H](O)[C@@H](O)[C@H](O)[C@H](O)CO[C@H]1O[C@H](CO[C@H]2O[C@H](CO)[C@@H](O)[C@H](O)[C@H]2O)[C@@H](O)[C@H](O)[C@H]1O. The molecule has 0 saturated carbocycles. The summed E-state index contributed by atoms with van der Waals surface area (Å²) in [5.74, 6) is -2.90. The topological polar surface area (TPSA) is 303 Å². The molecular formula is C21H34O18. The van der Waals surface area contributed by atoms with Gasteiger partial charge in [-0.05, 0) is 0 Å². The molecule has 2 fully saturated rings. The molecule has 0 amide bonds. The maximum Gasteiger partial charge on any atom is 0.345 e. The molecule has 226 valence electrons. The summed E-state index contributed by atoms with van der Waals surface area (Å²) in [6.07, 6.45) is -25.5. The predicted molar refractivity (Wildman–Crippen MR) is 118 cm³/mol. The first-order valence-electron chi connectivity index (χ1n) is 11.6. The smallest absolute Gasteiger partial charge is 0.345 e. The number of carbonyl (C=O) groups is 2. The third kappa shape index (κ3) is 8.16. The highest BCUT2D eigenvalue weighted by molar-refractivity contribution is 5.93. The molecule has 0 aliphatic carbocycles. The van der Waals surface area contributed by atoms with Gasteiger partial charge in [0, 0.05) is 6.08 Å². The average Bonchev–Trinajstić information content (AvgIpc) is 2.92. The van der Waals surface area contributed by atoms with Gasteiger partial charge in [0.15, 0.2) is 18.7 Å². The Bertz CT molecular complexity index is 810. The number of ether oxygens (including phenoxy) is 5. The minimum atomic E-state index is -2.46. The molecule has 2 rings (SSSR count). The molecule has 2 saturated heterocycles. The Morgan fingerprint density at radius 2 is 1.28 bits per heavy atom. The molecule has 39 heavy (non-hydrogen) atoms. The van der Waals surface area contributed by atoms with E-state index in [0.717, 1.165) is 0 Å². The van der Waals surface area contributed by atoms with E-state index in [2.05, 4.69) is 11.3 Å². The molecule has 2 heterocycles. The Labute approximate surface area is 220 Å². The van der Waals surface area contributed by atoms with Crippen molar-refractivity contribution in [1.29, 1.82) is 0 Å². The van der Waals surface area contributed by atoms with Gasteiger partial charge in [-0.3, -0.25) is 0 Å². The molecule has 0 radical (unpaired) electrons. The van der Waals surface area contributed by atoms with Gasteiger partial charge in [-0.15, -0.1) is 0 Å². The van der Waals surface area contributed by atoms with Gasteiger partial charge in [0.2, 0.25) is 0 Å². The summed E-state index contributed by atoms with van der Waals surface area (Å²) < 4.78 is 24.9. The highest BCUT2D eigenvalue weighted by Gasteiger charge is 2.48. The van der Waals surface area contributed by atoms with Gasteiger partial charge in [-0.1, -0.05) is 6.58 Å². The summed E-state index contributed by atoms with van der Waals surface area (Å²) in [6, 6.07) is 0. The minimum absolute atomic E-state index is 0.596. The summed E-state index contributed by atoms with van der Waals surface area (Å²) in [4.78, 5) is 22.6. The summed E-state index contributed by atoms with van der Waals surface area (Å²) in [6.45, 7) is 0.700. The Morgan fingerprint density at radius 1 is 0.769 bits per heavy atom. The van der Waals surface area contributed by atoms with Crippen LogP contribution in [0.5, 0.6) is 0 Å². The first-order chi connectivity index (χ1) is 18.2. The number of hydrogen-bond donors (Lipinski definition) is 11. The maximum absolute atomic E-state index is 11.6. The van der Waals surface area contributed by atoms with Crippen LogP contribution in [-0.4, -0.2) is 174 Å². The molecular weight excluding hydrogens is 540 g/mol. The zero-order valence-corrected chi connectivity index (χ0v) is 20.3. The highest BCUT2D eigenvalue weighted by Crippen LogP contribution is 2.26. The van der Waals surface area contributed by atoms with Crippen molar-refractivity contribution in [1.82, 2.24) is 0 Å². The molecule has 11 N–H and O–H groups in total. The Kier molecular flexibility index (Phi) is 12.7. The van der Waals surface area contributed by atoms with Crippen LogP contribution in [0.15, 0.2) is 12.7 Å². The molecule has 14 atom stereocenters. The monoisotopic (exact) mass is 574 g/mol. The van der Waals surface area contributed by atoms with E-state index in [1.54, 1.807) is 0 Å². The molecule has 2 aliphatic rings. The normalized spacial score (nSPS) is 38.3. The van der Waals surface area contributed by atoms with E-state index in [9.17, 15) is 65.8 Å². The van der Waals surface area contributed by atoms with Crippen molar-refractivity contribution < 1.29 is 89.4 Å². The minimum Gasteiger partial charge on any atom is -0.394 e. The zero-order valence-electron chi connectivity index (χ0n) is 20.3. The fourth-order valence-electron chi connectivity index (χ4n) is 3.63. The van der Waals surface area contributed by atoms with Gasteiger partial charge in [-0.25, -0.2) is 9.59 Å². The number of aliphatic hydroxyl groups excluding tert-OH is 11. The van der Waals surface area contributed by atoms with Crippen molar-refractivity contribution in [3.8, 4) is 0 Å². The molecule has 18 heteroatoms. The lowest BCUT2D eigenvalue weighted by Gasteiger charge is -2.42. The quantitative estimate of drug-likeness (QED) is 0.0585. The van der Waals surface area contributed by atoms with Crippen LogP contribution in [0, 0.1) is 0 Å². The van der Waals surface area contributed by atoms with E-state index in [4.69, 9.17) is 18.9 Å². The van der Waals surface area contributed by atoms with E-state index in [1.165, 1.54) is 0 Å². The van der Waals surface area contributed by atoms with Crippen molar-refractivity contribution in [2.24, 2.45) is 0 Å². The van der Waals surface area contributed by atoms with Crippen LogP contribution in [0.1, 0.15) is 0 Å². The zero-order chi connectivity index (χ0) is 29.6. The van der Waals surface area contributed by atoms with Crippen molar-refractivity contribution in [3.05, 3.63) is 12.7 Å². The number of esters is 2. The van der Waals surface area contributed by atoms with Crippen LogP contribution >= 0.6 is 0 Å². The number of hydrogen-bond acceptors (Lipinski definition) is 18. The second kappa shape index (κ2) is 14.8.